The maximum Gasteiger partial charge on any atom is 0.307 e. The van der Waals surface area contributed by atoms with Gasteiger partial charge in [0, 0.05) is 18.2 Å². The summed E-state index contributed by atoms with van der Waals surface area (Å²) >= 11 is 1.30. The number of carbonyl (C=O) groups excluding carboxylic acids is 1. The van der Waals surface area contributed by atoms with Gasteiger partial charge in [0.1, 0.15) is 5.75 Å². The van der Waals surface area contributed by atoms with Gasteiger partial charge in [-0.05, 0) is 18.1 Å². The maximum absolute atomic E-state index is 10.8. The molecular weight excluding hydrogens is 276 g/mol. The molecule has 0 aliphatic carbocycles. The fourth-order valence-corrected chi connectivity index (χ4v) is 2.21. The van der Waals surface area contributed by atoms with E-state index in [4.69, 9.17) is 9.84 Å². The van der Waals surface area contributed by atoms with Gasteiger partial charge in [0.15, 0.2) is 5.12 Å². The molecule has 0 radical (unpaired) electrons. The minimum absolute atomic E-state index is 0.0532. The van der Waals surface area contributed by atoms with Gasteiger partial charge in [-0.3, -0.25) is 9.59 Å². The van der Waals surface area contributed by atoms with Crippen molar-refractivity contribution < 1.29 is 19.4 Å². The van der Waals surface area contributed by atoms with Crippen molar-refractivity contribution in [2.75, 3.05) is 12.9 Å². The first-order valence-electron chi connectivity index (χ1n) is 6.21. The summed E-state index contributed by atoms with van der Waals surface area (Å²) in [7, 11) is 1.53. The number of hydrogen-bond donors (Lipinski definition) is 1. The largest absolute Gasteiger partial charge is 0.496 e. The molecule has 1 aromatic carbocycles. The van der Waals surface area contributed by atoms with Gasteiger partial charge in [-0.1, -0.05) is 36.0 Å². The fraction of sp³-hybridized carbons (Fsp3) is 0.333. The first-order valence-corrected chi connectivity index (χ1v) is 7.20. The molecule has 0 fully saturated rings. The zero-order valence-corrected chi connectivity index (χ0v) is 12.4. The lowest BCUT2D eigenvalue weighted by Crippen LogP contribution is -2.02. The van der Waals surface area contributed by atoms with Crippen molar-refractivity contribution in [3.8, 4) is 5.75 Å². The highest BCUT2D eigenvalue weighted by Crippen LogP contribution is 2.21. The Kier molecular flexibility index (Phi) is 6.87. The third-order valence-corrected chi connectivity index (χ3v) is 3.40. The van der Waals surface area contributed by atoms with Gasteiger partial charge in [-0.25, -0.2) is 0 Å². The number of ether oxygens (including phenoxy) is 1. The van der Waals surface area contributed by atoms with E-state index < -0.39 is 5.97 Å². The molecule has 0 spiro atoms. The molecule has 0 aliphatic heterocycles. The highest BCUT2D eigenvalue weighted by Gasteiger charge is 2.07. The van der Waals surface area contributed by atoms with E-state index >= 15 is 0 Å². The van der Waals surface area contributed by atoms with E-state index in [0.29, 0.717) is 11.3 Å². The van der Waals surface area contributed by atoms with Crippen LogP contribution in [0.4, 0.5) is 0 Å². The van der Waals surface area contributed by atoms with Crippen LogP contribution in [0.5, 0.6) is 5.75 Å². The molecule has 0 unspecified atom stereocenters. The number of allylic oxidation sites excluding steroid dienone is 1. The molecule has 0 atom stereocenters. The standard InChI is InChI=1S/C15H18O4S/c1-11(16)20-8-4-3-5-12-6-7-13(10-15(17)18)14(9-12)19-2/h3,5-7,9H,4,8,10H2,1-2H3,(H,17,18). The number of carbonyl (C=O) groups is 2. The first-order chi connectivity index (χ1) is 9.52. The Morgan fingerprint density at radius 1 is 1.40 bits per heavy atom. The van der Waals surface area contributed by atoms with Crippen molar-refractivity contribution in [3.05, 3.63) is 35.4 Å². The van der Waals surface area contributed by atoms with Gasteiger partial charge < -0.3 is 9.84 Å². The van der Waals surface area contributed by atoms with Gasteiger partial charge in [0.2, 0.25) is 0 Å². The number of carboxylic acids is 1. The van der Waals surface area contributed by atoms with Crippen molar-refractivity contribution in [1.82, 2.24) is 0 Å². The summed E-state index contributed by atoms with van der Waals surface area (Å²) in [5.74, 6) is 0.459. The molecule has 0 aromatic heterocycles. The summed E-state index contributed by atoms with van der Waals surface area (Å²) in [4.78, 5) is 21.5. The summed E-state index contributed by atoms with van der Waals surface area (Å²) in [6.45, 7) is 1.56. The van der Waals surface area contributed by atoms with Crippen LogP contribution in [0.15, 0.2) is 24.3 Å². The summed E-state index contributed by atoms with van der Waals surface area (Å²) in [6, 6.07) is 5.43. The molecule has 5 heteroatoms. The third-order valence-electron chi connectivity index (χ3n) is 2.55. The molecule has 0 saturated carbocycles. The Labute approximate surface area is 122 Å². The first kappa shape index (κ1) is 16.3. The molecule has 108 valence electrons. The van der Waals surface area contributed by atoms with E-state index in [0.717, 1.165) is 17.7 Å². The summed E-state index contributed by atoms with van der Waals surface area (Å²) < 4.78 is 5.20. The predicted molar refractivity (Wildman–Crippen MR) is 81.1 cm³/mol. The van der Waals surface area contributed by atoms with Crippen LogP contribution < -0.4 is 4.74 Å². The summed E-state index contributed by atoms with van der Waals surface area (Å²) in [5.41, 5.74) is 1.60. The Hall–Kier alpha value is -1.75. The Balaban J connectivity index is 2.65. The maximum atomic E-state index is 10.8. The Morgan fingerprint density at radius 2 is 2.15 bits per heavy atom. The van der Waals surface area contributed by atoms with Crippen molar-refractivity contribution in [2.45, 2.75) is 19.8 Å². The van der Waals surface area contributed by atoms with Crippen LogP contribution in [0.3, 0.4) is 0 Å². The summed E-state index contributed by atoms with van der Waals surface area (Å²) in [6.07, 6.45) is 4.68. The lowest BCUT2D eigenvalue weighted by atomic mass is 10.1. The number of methoxy groups -OCH3 is 1. The van der Waals surface area contributed by atoms with Crippen LogP contribution in [0.2, 0.25) is 0 Å². The van der Waals surface area contributed by atoms with Gasteiger partial charge in [-0.15, -0.1) is 0 Å². The minimum atomic E-state index is -0.882. The number of carboxylic acid groups (broad SMARTS) is 1. The quantitative estimate of drug-likeness (QED) is 0.783. The lowest BCUT2D eigenvalue weighted by molar-refractivity contribution is -0.136. The van der Waals surface area contributed by atoms with E-state index in [9.17, 15) is 9.59 Å². The predicted octanol–water partition coefficient (Wildman–Crippen LogP) is 3.01. The van der Waals surface area contributed by atoms with Gasteiger partial charge in [0.05, 0.1) is 13.5 Å². The second kappa shape index (κ2) is 8.43. The smallest absolute Gasteiger partial charge is 0.307 e. The van der Waals surface area contributed by atoms with Gasteiger partial charge >= 0.3 is 5.97 Å². The number of aliphatic carboxylic acids is 1. The molecule has 0 aliphatic rings. The number of rotatable bonds is 7. The fourth-order valence-electron chi connectivity index (χ4n) is 1.66. The molecule has 0 saturated heterocycles. The highest BCUT2D eigenvalue weighted by atomic mass is 32.2. The van der Waals surface area contributed by atoms with Crippen molar-refractivity contribution in [3.63, 3.8) is 0 Å². The molecule has 1 aromatic rings. The molecule has 1 N–H and O–H groups in total. The zero-order chi connectivity index (χ0) is 15.0. The molecule has 0 amide bonds. The molecule has 4 nitrogen and oxygen atoms in total. The molecule has 0 heterocycles. The van der Waals surface area contributed by atoms with E-state index in [1.807, 2.05) is 24.3 Å². The normalized spacial score (nSPS) is 10.7. The van der Waals surface area contributed by atoms with Gasteiger partial charge in [0.25, 0.3) is 0 Å². The van der Waals surface area contributed by atoms with Crippen molar-refractivity contribution in [1.29, 1.82) is 0 Å². The van der Waals surface area contributed by atoms with Crippen molar-refractivity contribution >= 4 is 28.9 Å². The third kappa shape index (κ3) is 5.93. The average Bonchev–Trinajstić information content (AvgIpc) is 2.38. The molecular formula is C15H18O4S. The molecule has 0 bridgehead atoms. The van der Waals surface area contributed by atoms with E-state index in [1.54, 1.807) is 13.0 Å². The van der Waals surface area contributed by atoms with Crippen LogP contribution in [0.1, 0.15) is 24.5 Å². The lowest BCUT2D eigenvalue weighted by Gasteiger charge is -2.07. The van der Waals surface area contributed by atoms with Crippen LogP contribution in [0.25, 0.3) is 6.08 Å². The van der Waals surface area contributed by atoms with Crippen LogP contribution in [0, 0.1) is 0 Å². The number of benzene rings is 1. The number of hydrogen-bond acceptors (Lipinski definition) is 4. The SMILES string of the molecule is COc1cc(C=CCCSC(C)=O)ccc1CC(=O)O. The Morgan fingerprint density at radius 3 is 2.75 bits per heavy atom. The van der Waals surface area contributed by atoms with E-state index in [2.05, 4.69) is 0 Å². The topological polar surface area (TPSA) is 63.6 Å². The average molecular weight is 294 g/mol. The van der Waals surface area contributed by atoms with Crippen LogP contribution >= 0.6 is 11.8 Å². The van der Waals surface area contributed by atoms with Crippen molar-refractivity contribution in [2.24, 2.45) is 0 Å². The van der Waals surface area contributed by atoms with Crippen LogP contribution in [-0.2, 0) is 16.0 Å². The second-order valence-corrected chi connectivity index (χ2v) is 5.44. The Bertz CT molecular complexity index is 509. The van der Waals surface area contributed by atoms with E-state index in [-0.39, 0.29) is 11.5 Å². The minimum Gasteiger partial charge on any atom is -0.496 e. The monoisotopic (exact) mass is 294 g/mol. The number of thioether (sulfide) groups is 1. The van der Waals surface area contributed by atoms with E-state index in [1.165, 1.54) is 18.9 Å². The zero-order valence-electron chi connectivity index (χ0n) is 11.6. The van der Waals surface area contributed by atoms with Crippen LogP contribution in [-0.4, -0.2) is 29.1 Å². The second-order valence-electron chi connectivity index (χ2n) is 4.17. The highest BCUT2D eigenvalue weighted by molar-refractivity contribution is 8.13. The summed E-state index contributed by atoms with van der Waals surface area (Å²) in [5, 5.41) is 8.93. The van der Waals surface area contributed by atoms with Gasteiger partial charge in [-0.2, -0.15) is 0 Å². The molecule has 20 heavy (non-hydrogen) atoms. The molecule has 1 rings (SSSR count).